The van der Waals surface area contributed by atoms with Gasteiger partial charge < -0.3 is 14.4 Å². The Morgan fingerprint density at radius 3 is 2.45 bits per heavy atom. The first-order valence-electron chi connectivity index (χ1n) is 7.27. The van der Waals surface area contributed by atoms with E-state index in [2.05, 4.69) is 18.6 Å². The SMILES string of the molecule is COCCN(CCC(=O)OC)C(=O)C1CCCC1(C)C. The summed E-state index contributed by atoms with van der Waals surface area (Å²) >= 11 is 0. The Morgan fingerprint density at radius 1 is 1.25 bits per heavy atom. The highest BCUT2D eigenvalue weighted by Gasteiger charge is 2.41. The zero-order chi connectivity index (χ0) is 15.2. The lowest BCUT2D eigenvalue weighted by molar-refractivity contribution is -0.143. The molecule has 1 saturated carbocycles. The Labute approximate surface area is 121 Å². The van der Waals surface area contributed by atoms with Crippen LogP contribution >= 0.6 is 0 Å². The van der Waals surface area contributed by atoms with E-state index in [-0.39, 0.29) is 29.6 Å². The maximum Gasteiger partial charge on any atom is 0.307 e. The normalized spacial score (nSPS) is 20.7. The van der Waals surface area contributed by atoms with Crippen LogP contribution in [0.2, 0.25) is 0 Å². The Bertz CT molecular complexity index is 341. The summed E-state index contributed by atoms with van der Waals surface area (Å²) in [5.74, 6) is -0.0867. The minimum absolute atomic E-state index is 0.0493. The molecule has 0 aromatic rings. The van der Waals surface area contributed by atoms with E-state index in [1.807, 2.05) is 0 Å². The molecule has 0 heterocycles. The molecular formula is C15H27NO4. The van der Waals surface area contributed by atoms with Gasteiger partial charge in [-0.05, 0) is 18.3 Å². The number of hydrogen-bond acceptors (Lipinski definition) is 4. The van der Waals surface area contributed by atoms with Gasteiger partial charge in [0.2, 0.25) is 5.91 Å². The summed E-state index contributed by atoms with van der Waals surface area (Å²) in [7, 11) is 2.98. The van der Waals surface area contributed by atoms with E-state index >= 15 is 0 Å². The van der Waals surface area contributed by atoms with Gasteiger partial charge in [0, 0.05) is 26.1 Å². The number of hydrogen-bond donors (Lipinski definition) is 0. The standard InChI is InChI=1S/C15H27NO4/c1-15(2)8-5-6-12(15)14(18)16(10-11-19-3)9-7-13(17)20-4/h12H,5-11H2,1-4H3. The van der Waals surface area contributed by atoms with Crippen LogP contribution in [0, 0.1) is 11.3 Å². The molecule has 0 bridgehead atoms. The first-order valence-corrected chi connectivity index (χ1v) is 7.27. The second kappa shape index (κ2) is 7.62. The molecule has 0 N–H and O–H groups in total. The van der Waals surface area contributed by atoms with Gasteiger partial charge in [-0.1, -0.05) is 20.3 Å². The summed E-state index contributed by atoms with van der Waals surface area (Å²) in [6, 6.07) is 0. The molecule has 5 heteroatoms. The molecule has 0 saturated heterocycles. The van der Waals surface area contributed by atoms with Crippen molar-refractivity contribution in [1.82, 2.24) is 4.90 Å². The fraction of sp³-hybridized carbons (Fsp3) is 0.867. The van der Waals surface area contributed by atoms with Crippen molar-refractivity contribution in [2.24, 2.45) is 11.3 Å². The van der Waals surface area contributed by atoms with E-state index in [9.17, 15) is 9.59 Å². The molecule has 0 radical (unpaired) electrons. The molecule has 1 atom stereocenters. The molecule has 1 aliphatic rings. The maximum atomic E-state index is 12.7. The number of nitrogens with zero attached hydrogens (tertiary/aromatic N) is 1. The van der Waals surface area contributed by atoms with Gasteiger partial charge in [-0.3, -0.25) is 9.59 Å². The van der Waals surface area contributed by atoms with Crippen LogP contribution < -0.4 is 0 Å². The van der Waals surface area contributed by atoms with Crippen LogP contribution in [0.15, 0.2) is 0 Å². The predicted octanol–water partition coefficient (Wildman–Crippen LogP) is 1.85. The predicted molar refractivity (Wildman–Crippen MR) is 76.2 cm³/mol. The Balaban J connectivity index is 2.66. The summed E-state index contributed by atoms with van der Waals surface area (Å²) < 4.78 is 9.70. The van der Waals surface area contributed by atoms with Crippen LogP contribution in [0.3, 0.4) is 0 Å². The fourth-order valence-electron chi connectivity index (χ4n) is 2.87. The first kappa shape index (κ1) is 17.0. The van der Waals surface area contributed by atoms with Crippen molar-refractivity contribution in [1.29, 1.82) is 0 Å². The molecule has 1 amide bonds. The third-order valence-corrected chi connectivity index (χ3v) is 4.25. The van der Waals surface area contributed by atoms with Gasteiger partial charge in [0.1, 0.15) is 0 Å². The topological polar surface area (TPSA) is 55.8 Å². The minimum atomic E-state index is -0.286. The van der Waals surface area contributed by atoms with Gasteiger partial charge >= 0.3 is 5.97 Å². The van der Waals surface area contributed by atoms with Crippen LogP contribution in [0.25, 0.3) is 0 Å². The summed E-state index contributed by atoms with van der Waals surface area (Å²) in [6.07, 6.45) is 3.35. The van der Waals surface area contributed by atoms with E-state index in [0.717, 1.165) is 19.3 Å². The lowest BCUT2D eigenvalue weighted by atomic mass is 9.81. The molecule has 0 aliphatic heterocycles. The number of methoxy groups -OCH3 is 2. The maximum absolute atomic E-state index is 12.7. The van der Waals surface area contributed by atoms with Crippen LogP contribution in [0.4, 0.5) is 0 Å². The largest absolute Gasteiger partial charge is 0.469 e. The molecule has 116 valence electrons. The average molecular weight is 285 g/mol. The molecule has 1 fully saturated rings. The number of amides is 1. The highest BCUT2D eigenvalue weighted by Crippen LogP contribution is 2.43. The highest BCUT2D eigenvalue weighted by atomic mass is 16.5. The quantitative estimate of drug-likeness (QED) is 0.670. The molecule has 1 unspecified atom stereocenters. The summed E-state index contributed by atoms with van der Waals surface area (Å²) in [5, 5.41) is 0. The van der Waals surface area contributed by atoms with E-state index in [1.54, 1.807) is 12.0 Å². The first-order chi connectivity index (χ1) is 9.42. The third-order valence-electron chi connectivity index (χ3n) is 4.25. The lowest BCUT2D eigenvalue weighted by Crippen LogP contribution is -2.42. The Hall–Kier alpha value is -1.10. The van der Waals surface area contributed by atoms with Gasteiger partial charge in [-0.2, -0.15) is 0 Å². The van der Waals surface area contributed by atoms with Crippen molar-refractivity contribution in [3.8, 4) is 0 Å². The molecule has 1 rings (SSSR count). The van der Waals surface area contributed by atoms with E-state index in [0.29, 0.717) is 19.7 Å². The van der Waals surface area contributed by atoms with Crippen molar-refractivity contribution < 1.29 is 19.1 Å². The van der Waals surface area contributed by atoms with Gasteiger partial charge in [-0.25, -0.2) is 0 Å². The summed E-state index contributed by atoms with van der Waals surface area (Å²) in [5.41, 5.74) is 0.0493. The smallest absolute Gasteiger partial charge is 0.307 e. The lowest BCUT2D eigenvalue weighted by Gasteiger charge is -2.32. The Kier molecular flexibility index (Phi) is 6.46. The highest BCUT2D eigenvalue weighted by molar-refractivity contribution is 5.80. The van der Waals surface area contributed by atoms with Crippen LogP contribution in [-0.4, -0.2) is 50.7 Å². The van der Waals surface area contributed by atoms with Crippen LogP contribution in [0.1, 0.15) is 39.5 Å². The number of ether oxygens (including phenoxy) is 2. The average Bonchev–Trinajstić information content (AvgIpc) is 2.77. The summed E-state index contributed by atoms with van der Waals surface area (Å²) in [6.45, 7) is 5.72. The van der Waals surface area contributed by atoms with E-state index in [4.69, 9.17) is 4.74 Å². The zero-order valence-electron chi connectivity index (χ0n) is 13.1. The second-order valence-corrected chi connectivity index (χ2v) is 6.08. The molecule has 5 nitrogen and oxygen atoms in total. The number of rotatable bonds is 7. The van der Waals surface area contributed by atoms with Crippen LogP contribution in [0.5, 0.6) is 0 Å². The van der Waals surface area contributed by atoms with Gasteiger partial charge in [0.25, 0.3) is 0 Å². The second-order valence-electron chi connectivity index (χ2n) is 6.08. The van der Waals surface area contributed by atoms with Crippen molar-refractivity contribution in [3.63, 3.8) is 0 Å². The molecule has 0 aromatic heterocycles. The van der Waals surface area contributed by atoms with Crippen LogP contribution in [-0.2, 0) is 19.1 Å². The minimum Gasteiger partial charge on any atom is -0.469 e. The third kappa shape index (κ3) is 4.47. The molecule has 0 spiro atoms. The number of esters is 1. The van der Waals surface area contributed by atoms with E-state index < -0.39 is 0 Å². The van der Waals surface area contributed by atoms with Crippen molar-refractivity contribution in [2.75, 3.05) is 33.9 Å². The summed E-state index contributed by atoms with van der Waals surface area (Å²) in [4.78, 5) is 25.7. The molecule has 20 heavy (non-hydrogen) atoms. The number of carbonyl (C=O) groups is 2. The van der Waals surface area contributed by atoms with Gasteiger partial charge in [0.05, 0.1) is 20.1 Å². The zero-order valence-corrected chi connectivity index (χ0v) is 13.1. The molecule has 1 aliphatic carbocycles. The fourth-order valence-corrected chi connectivity index (χ4v) is 2.87. The Morgan fingerprint density at radius 2 is 1.95 bits per heavy atom. The van der Waals surface area contributed by atoms with Gasteiger partial charge in [-0.15, -0.1) is 0 Å². The monoisotopic (exact) mass is 285 g/mol. The van der Waals surface area contributed by atoms with E-state index in [1.165, 1.54) is 7.11 Å². The number of carbonyl (C=O) groups excluding carboxylic acids is 2. The molecular weight excluding hydrogens is 258 g/mol. The molecule has 0 aromatic carbocycles. The van der Waals surface area contributed by atoms with Crippen molar-refractivity contribution in [3.05, 3.63) is 0 Å². The van der Waals surface area contributed by atoms with Crippen molar-refractivity contribution in [2.45, 2.75) is 39.5 Å². The van der Waals surface area contributed by atoms with Gasteiger partial charge in [0.15, 0.2) is 0 Å². The van der Waals surface area contributed by atoms with Crippen molar-refractivity contribution >= 4 is 11.9 Å².